The first-order chi connectivity index (χ1) is 12.4. The number of guanidine groups is 1. The van der Waals surface area contributed by atoms with Gasteiger partial charge in [-0.15, -0.1) is 48.5 Å². The van der Waals surface area contributed by atoms with Crippen LogP contribution in [0.2, 0.25) is 0 Å². The van der Waals surface area contributed by atoms with E-state index in [1.807, 2.05) is 0 Å². The van der Waals surface area contributed by atoms with E-state index in [1.165, 1.54) is 34.7 Å². The average molecular weight is 512 g/mol. The zero-order valence-corrected chi connectivity index (χ0v) is 17.5. The van der Waals surface area contributed by atoms with Crippen LogP contribution in [0.15, 0.2) is 40.7 Å². The fourth-order valence-electron chi connectivity index (χ4n) is 2.74. The van der Waals surface area contributed by atoms with Crippen LogP contribution in [0, 0.1) is 0 Å². The van der Waals surface area contributed by atoms with Gasteiger partial charge in [0.05, 0.1) is 6.54 Å². The monoisotopic (exact) mass is 512 g/mol. The molecule has 1 aromatic heterocycles. The van der Waals surface area contributed by atoms with Gasteiger partial charge in [0, 0.05) is 30.2 Å². The highest BCUT2D eigenvalue weighted by molar-refractivity contribution is 14.0. The van der Waals surface area contributed by atoms with E-state index in [0.717, 1.165) is 26.1 Å². The lowest BCUT2D eigenvalue weighted by Crippen LogP contribution is -2.32. The third kappa shape index (κ3) is 6.85. The number of hydrogen-bond acceptors (Lipinski definition) is 4. The van der Waals surface area contributed by atoms with E-state index >= 15 is 0 Å². The number of alkyl halides is 3. The smallest absolute Gasteiger partial charge is 0.406 e. The lowest BCUT2D eigenvalue weighted by Gasteiger charge is -2.26. The zero-order chi connectivity index (χ0) is 18.6. The lowest BCUT2D eigenvalue weighted by atomic mass is 10.1. The quantitative estimate of drug-likeness (QED) is 0.361. The third-order valence-corrected chi connectivity index (χ3v) is 4.97. The second-order valence-corrected chi connectivity index (χ2v) is 6.86. The van der Waals surface area contributed by atoms with E-state index in [2.05, 4.69) is 31.4 Å². The Morgan fingerprint density at radius 1 is 1.26 bits per heavy atom. The Kier molecular flexibility index (Phi) is 7.74. The first-order valence-electron chi connectivity index (χ1n) is 8.09. The summed E-state index contributed by atoms with van der Waals surface area (Å²) < 4.78 is 40.2. The number of aliphatic imine (C=N–C) groups is 1. The van der Waals surface area contributed by atoms with Gasteiger partial charge in [-0.05, 0) is 47.7 Å². The number of halogens is 4. The van der Waals surface area contributed by atoms with E-state index < -0.39 is 6.36 Å². The second kappa shape index (κ2) is 9.60. The summed E-state index contributed by atoms with van der Waals surface area (Å²) in [6.07, 6.45) is -3.63. The van der Waals surface area contributed by atoms with Crippen molar-refractivity contribution in [3.05, 3.63) is 46.2 Å². The summed E-state index contributed by atoms with van der Waals surface area (Å²) in [4.78, 5) is 8.06. The fraction of sp³-hybridized carbons (Fsp3) is 0.353. The van der Waals surface area contributed by atoms with Crippen molar-refractivity contribution < 1.29 is 17.9 Å². The molecule has 10 heteroatoms. The Bertz CT molecular complexity index is 764. The number of ether oxygens (including phenoxy) is 1. The van der Waals surface area contributed by atoms with Gasteiger partial charge >= 0.3 is 6.36 Å². The maximum Gasteiger partial charge on any atom is 0.573 e. The Morgan fingerprint density at radius 3 is 2.70 bits per heavy atom. The number of rotatable bonds is 5. The van der Waals surface area contributed by atoms with Crippen LogP contribution in [0.1, 0.15) is 10.4 Å². The molecule has 0 spiro atoms. The Labute approximate surface area is 176 Å². The molecule has 3 rings (SSSR count). The highest BCUT2D eigenvalue weighted by Gasteiger charge is 2.30. The van der Waals surface area contributed by atoms with Gasteiger partial charge in [0.15, 0.2) is 5.96 Å². The number of hydrogen-bond donors (Lipinski definition) is 2. The number of nitrogens with two attached hydrogens (primary N) is 1. The molecule has 148 valence electrons. The van der Waals surface area contributed by atoms with E-state index in [1.54, 1.807) is 11.3 Å². The topological polar surface area (TPSA) is 62.9 Å². The van der Waals surface area contributed by atoms with Crippen molar-refractivity contribution in [2.75, 3.05) is 25.0 Å². The van der Waals surface area contributed by atoms with Crippen LogP contribution in [0.4, 0.5) is 18.9 Å². The van der Waals surface area contributed by atoms with Crippen LogP contribution < -0.4 is 15.8 Å². The Morgan fingerprint density at radius 2 is 2.00 bits per heavy atom. The van der Waals surface area contributed by atoms with E-state index in [4.69, 9.17) is 5.73 Å². The molecule has 0 bridgehead atoms. The zero-order valence-electron chi connectivity index (χ0n) is 14.3. The molecule has 5 nitrogen and oxygen atoms in total. The van der Waals surface area contributed by atoms with Crippen LogP contribution in [0.5, 0.6) is 5.75 Å². The predicted molar refractivity (Wildman–Crippen MR) is 112 cm³/mol. The van der Waals surface area contributed by atoms with Gasteiger partial charge < -0.3 is 15.8 Å². The highest BCUT2D eigenvalue weighted by Crippen LogP contribution is 2.24. The van der Waals surface area contributed by atoms with Crippen molar-refractivity contribution >= 4 is 47.0 Å². The summed E-state index contributed by atoms with van der Waals surface area (Å²) in [5.41, 5.74) is 7.76. The molecule has 2 aromatic rings. The minimum Gasteiger partial charge on any atom is -0.406 e. The molecule has 3 N–H and O–H groups in total. The summed E-state index contributed by atoms with van der Waals surface area (Å²) in [5.74, 6) is -0.0563. The maximum absolute atomic E-state index is 12.1. The van der Waals surface area contributed by atoms with Crippen LogP contribution in [0.25, 0.3) is 0 Å². The molecule has 0 saturated heterocycles. The van der Waals surface area contributed by atoms with Crippen LogP contribution in [0.3, 0.4) is 0 Å². The standard InChI is InChI=1S/C17H19F3N4OS.HI/c18-17(19,20)25-14-3-1-13(2-4-14)23-16(21)22-7-9-24-8-5-15-12(11-24)6-10-26-15;/h1-4,6,10H,5,7-9,11H2,(H3,21,22,23);1H. The molecule has 0 unspecified atom stereocenters. The first-order valence-corrected chi connectivity index (χ1v) is 8.97. The minimum atomic E-state index is -4.70. The van der Waals surface area contributed by atoms with Gasteiger partial charge in [0.25, 0.3) is 0 Å². The van der Waals surface area contributed by atoms with Crippen molar-refractivity contribution in [3.63, 3.8) is 0 Å². The van der Waals surface area contributed by atoms with E-state index in [-0.39, 0.29) is 35.7 Å². The fourth-order valence-corrected chi connectivity index (χ4v) is 3.63. The van der Waals surface area contributed by atoms with Gasteiger partial charge in [-0.25, -0.2) is 0 Å². The van der Waals surface area contributed by atoms with Crippen LogP contribution in [-0.4, -0.2) is 36.9 Å². The molecule has 0 radical (unpaired) electrons. The van der Waals surface area contributed by atoms with Crippen molar-refractivity contribution in [2.24, 2.45) is 10.7 Å². The third-order valence-electron chi connectivity index (χ3n) is 3.95. The molecule has 0 aliphatic carbocycles. The van der Waals surface area contributed by atoms with Crippen molar-refractivity contribution in [2.45, 2.75) is 19.3 Å². The van der Waals surface area contributed by atoms with Crippen molar-refractivity contribution in [1.82, 2.24) is 4.90 Å². The Balaban J connectivity index is 0.00000261. The highest BCUT2D eigenvalue weighted by atomic mass is 127. The molecule has 0 fully saturated rings. The minimum absolute atomic E-state index is 0. The number of benzene rings is 1. The number of anilines is 1. The SMILES string of the molecule is I.NC(=NCCN1CCc2sccc2C1)Nc1ccc(OC(F)(F)F)cc1. The molecule has 1 aliphatic heterocycles. The molecule has 0 saturated carbocycles. The summed E-state index contributed by atoms with van der Waals surface area (Å²) >= 11 is 1.81. The number of thiophene rings is 1. The molecule has 27 heavy (non-hydrogen) atoms. The molecule has 0 atom stereocenters. The van der Waals surface area contributed by atoms with Gasteiger partial charge in [0.1, 0.15) is 5.75 Å². The first kappa shape index (κ1) is 21.8. The largest absolute Gasteiger partial charge is 0.573 e. The summed E-state index contributed by atoms with van der Waals surface area (Å²) in [7, 11) is 0. The number of fused-ring (bicyclic) bond motifs is 1. The second-order valence-electron chi connectivity index (χ2n) is 5.86. The van der Waals surface area contributed by atoms with Gasteiger partial charge in [-0.3, -0.25) is 9.89 Å². The van der Waals surface area contributed by atoms with Crippen LogP contribution in [-0.2, 0) is 13.0 Å². The summed E-state index contributed by atoms with van der Waals surface area (Å²) in [6.45, 7) is 3.29. The van der Waals surface area contributed by atoms with Gasteiger partial charge in [-0.1, -0.05) is 0 Å². The Hall–Kier alpha value is -1.53. The lowest BCUT2D eigenvalue weighted by molar-refractivity contribution is -0.274. The number of nitrogens with zero attached hydrogens (tertiary/aromatic N) is 2. The molecular formula is C17H20F3IN4OS. The predicted octanol–water partition coefficient (Wildman–Crippen LogP) is 4.05. The summed E-state index contributed by atoms with van der Waals surface area (Å²) in [6, 6.07) is 7.50. The van der Waals surface area contributed by atoms with E-state index in [0.29, 0.717) is 12.2 Å². The molecule has 1 aliphatic rings. The van der Waals surface area contributed by atoms with Crippen LogP contribution >= 0.6 is 35.3 Å². The van der Waals surface area contributed by atoms with Crippen molar-refractivity contribution in [3.8, 4) is 5.75 Å². The molecule has 1 aromatic carbocycles. The summed E-state index contributed by atoms with van der Waals surface area (Å²) in [5, 5.41) is 4.98. The molecule has 0 amide bonds. The maximum atomic E-state index is 12.1. The van der Waals surface area contributed by atoms with Crippen molar-refractivity contribution in [1.29, 1.82) is 0 Å². The van der Waals surface area contributed by atoms with E-state index in [9.17, 15) is 13.2 Å². The van der Waals surface area contributed by atoms with Gasteiger partial charge in [-0.2, -0.15) is 0 Å². The van der Waals surface area contributed by atoms with Gasteiger partial charge in [0.2, 0.25) is 0 Å². The molecule has 2 heterocycles. The normalized spacial score (nSPS) is 15.0. The molecular weight excluding hydrogens is 492 g/mol. The number of nitrogens with one attached hydrogen (secondary N) is 1. The average Bonchev–Trinajstić information content (AvgIpc) is 3.03.